The van der Waals surface area contributed by atoms with Crippen molar-refractivity contribution in [3.05, 3.63) is 86.0 Å². The van der Waals surface area contributed by atoms with Gasteiger partial charge in [-0.2, -0.15) is 0 Å². The fourth-order valence-electron chi connectivity index (χ4n) is 3.61. The highest BCUT2D eigenvalue weighted by atomic mass is 35.5. The summed E-state index contributed by atoms with van der Waals surface area (Å²) < 4.78 is 5.75. The summed E-state index contributed by atoms with van der Waals surface area (Å²) in [6.07, 6.45) is 0. The number of H-pyrrole nitrogens is 1. The normalized spacial score (nSPS) is 16.3. The Hall–Kier alpha value is -2.99. The van der Waals surface area contributed by atoms with E-state index in [4.69, 9.17) is 16.3 Å². The predicted molar refractivity (Wildman–Crippen MR) is 100 cm³/mol. The summed E-state index contributed by atoms with van der Waals surface area (Å²) in [4.78, 5) is 14.9. The molecule has 1 aromatic heterocycles. The summed E-state index contributed by atoms with van der Waals surface area (Å²) in [7, 11) is 1.61. The summed E-state index contributed by atoms with van der Waals surface area (Å²) in [5, 5.41) is 16.2. The molecule has 0 saturated heterocycles. The Morgan fingerprint density at radius 3 is 2.77 bits per heavy atom. The largest absolute Gasteiger partial charge is 0.435 e. The number of nitrogens with zero attached hydrogens (tertiary/aromatic N) is 1. The second-order valence-corrected chi connectivity index (χ2v) is 6.58. The van der Waals surface area contributed by atoms with Crippen molar-refractivity contribution >= 4 is 22.5 Å². The molecular weight excluding hydrogens is 354 g/mol. The fraction of sp³-hybridized carbons (Fsp3) is 0.158. The summed E-state index contributed by atoms with van der Waals surface area (Å²) in [6.45, 7) is 1.92. The van der Waals surface area contributed by atoms with E-state index >= 15 is 0 Å². The molecule has 2 aromatic carbocycles. The fourth-order valence-corrected chi connectivity index (χ4v) is 3.79. The van der Waals surface area contributed by atoms with Gasteiger partial charge in [-0.3, -0.25) is 10.1 Å². The van der Waals surface area contributed by atoms with Gasteiger partial charge < -0.3 is 15.0 Å². The maximum Gasteiger partial charge on any atom is 0.317 e. The third kappa shape index (κ3) is 2.42. The highest BCUT2D eigenvalue weighted by Crippen LogP contribution is 2.46. The third-order valence-corrected chi connectivity index (χ3v) is 4.89. The number of aromatic amines is 1. The van der Waals surface area contributed by atoms with Crippen LogP contribution in [0.1, 0.15) is 22.7 Å². The van der Waals surface area contributed by atoms with E-state index in [1.54, 1.807) is 25.2 Å². The number of benzene rings is 2. The molecule has 2 N–H and O–H groups in total. The average molecular weight is 370 g/mol. The minimum absolute atomic E-state index is 0.0323. The summed E-state index contributed by atoms with van der Waals surface area (Å²) in [5.41, 5.74) is 3.31. The van der Waals surface area contributed by atoms with Crippen molar-refractivity contribution in [1.29, 1.82) is 0 Å². The van der Waals surface area contributed by atoms with Gasteiger partial charge in [-0.05, 0) is 36.8 Å². The zero-order valence-electron chi connectivity index (χ0n) is 14.2. The number of para-hydroxylation sites is 1. The van der Waals surface area contributed by atoms with Crippen LogP contribution in [0.4, 0.5) is 0 Å². The van der Waals surface area contributed by atoms with Crippen molar-refractivity contribution < 1.29 is 9.66 Å². The summed E-state index contributed by atoms with van der Waals surface area (Å²) >= 11 is 6.19. The first-order chi connectivity index (χ1) is 12.5. The highest BCUT2D eigenvalue weighted by molar-refractivity contribution is 6.30. The lowest BCUT2D eigenvalue weighted by atomic mass is 9.85. The maximum atomic E-state index is 12.0. The van der Waals surface area contributed by atoms with Crippen molar-refractivity contribution in [2.24, 2.45) is 0 Å². The molecule has 6 nitrogen and oxygen atoms in total. The zero-order chi connectivity index (χ0) is 18.4. The lowest BCUT2D eigenvalue weighted by molar-refractivity contribution is -0.432. The number of allylic oxidation sites excluding steroid dienone is 1. The van der Waals surface area contributed by atoms with E-state index in [9.17, 15) is 10.1 Å². The number of nitro groups is 1. The third-order valence-electron chi connectivity index (χ3n) is 4.66. The number of nitrogens with one attached hydrogen (secondary N) is 2. The summed E-state index contributed by atoms with van der Waals surface area (Å²) in [5.74, 6) is 0.0876. The molecule has 26 heavy (non-hydrogen) atoms. The average Bonchev–Trinajstić information content (AvgIpc) is 2.95. The van der Waals surface area contributed by atoms with Gasteiger partial charge in [-0.15, -0.1) is 0 Å². The highest BCUT2D eigenvalue weighted by Gasteiger charge is 2.41. The van der Waals surface area contributed by atoms with E-state index in [1.807, 2.05) is 31.2 Å². The Bertz CT molecular complexity index is 1070. The molecule has 0 saturated carbocycles. The van der Waals surface area contributed by atoms with Crippen LogP contribution in [-0.2, 0) is 0 Å². The Balaban J connectivity index is 2.08. The first-order valence-corrected chi connectivity index (χ1v) is 8.50. The molecular formula is C19H16ClN3O3. The molecule has 7 heteroatoms. The Labute approximate surface area is 154 Å². The lowest BCUT2D eigenvalue weighted by Gasteiger charge is -2.26. The van der Waals surface area contributed by atoms with Crippen LogP contribution >= 0.6 is 11.6 Å². The van der Waals surface area contributed by atoms with E-state index in [1.165, 1.54) is 0 Å². The topological polar surface area (TPSA) is 80.2 Å². The number of aryl methyl sites for hydroxylation is 1. The van der Waals surface area contributed by atoms with Crippen LogP contribution in [0, 0.1) is 17.0 Å². The monoisotopic (exact) mass is 369 g/mol. The van der Waals surface area contributed by atoms with Crippen molar-refractivity contribution in [2.45, 2.75) is 12.8 Å². The minimum Gasteiger partial charge on any atom is -0.435 e. The number of ether oxygens (including phenoxy) is 1. The van der Waals surface area contributed by atoms with Gasteiger partial charge in [-0.25, -0.2) is 0 Å². The molecule has 0 spiro atoms. The van der Waals surface area contributed by atoms with Gasteiger partial charge in [0.15, 0.2) is 0 Å². The van der Waals surface area contributed by atoms with Gasteiger partial charge in [0.05, 0.1) is 4.92 Å². The molecule has 1 aliphatic heterocycles. The van der Waals surface area contributed by atoms with E-state index < -0.39 is 5.92 Å². The molecule has 1 unspecified atom stereocenters. The molecule has 132 valence electrons. The Kier molecular flexibility index (Phi) is 3.85. The summed E-state index contributed by atoms with van der Waals surface area (Å²) in [6, 6.07) is 13.0. The van der Waals surface area contributed by atoms with Crippen LogP contribution < -0.4 is 10.1 Å². The van der Waals surface area contributed by atoms with Crippen molar-refractivity contribution in [3.8, 4) is 5.75 Å². The second kappa shape index (κ2) is 6.07. The number of hydrogen-bond acceptors (Lipinski definition) is 4. The van der Waals surface area contributed by atoms with Gasteiger partial charge in [0.25, 0.3) is 5.88 Å². The van der Waals surface area contributed by atoms with Gasteiger partial charge in [0.1, 0.15) is 11.7 Å². The quantitative estimate of drug-likeness (QED) is 0.532. The number of aromatic nitrogens is 1. The van der Waals surface area contributed by atoms with Gasteiger partial charge in [-0.1, -0.05) is 29.8 Å². The molecule has 4 rings (SSSR count). The lowest BCUT2D eigenvalue weighted by Crippen LogP contribution is -2.28. The Morgan fingerprint density at radius 1 is 1.27 bits per heavy atom. The number of rotatable bonds is 3. The SMILES string of the molecule is CNC1=C([N+](=O)[O-])C(c2c(C)[nH]c3ccccc23)c2cc(Cl)ccc2O1. The van der Waals surface area contributed by atoms with Gasteiger partial charge >= 0.3 is 5.70 Å². The van der Waals surface area contributed by atoms with E-state index in [2.05, 4.69) is 10.3 Å². The number of halogens is 1. The van der Waals surface area contributed by atoms with E-state index in [0.29, 0.717) is 16.3 Å². The smallest absolute Gasteiger partial charge is 0.317 e. The second-order valence-electron chi connectivity index (χ2n) is 6.15. The number of fused-ring (bicyclic) bond motifs is 2. The maximum absolute atomic E-state index is 12.0. The van der Waals surface area contributed by atoms with Crippen LogP contribution in [0.2, 0.25) is 5.02 Å². The first-order valence-electron chi connectivity index (χ1n) is 8.12. The van der Waals surface area contributed by atoms with Crippen LogP contribution in [0.25, 0.3) is 10.9 Å². The van der Waals surface area contributed by atoms with Crippen LogP contribution in [0.5, 0.6) is 5.75 Å². The standard InChI is InChI=1S/C19H16ClN3O3/c1-10-16(12-5-3-4-6-14(12)22-10)17-13-9-11(20)7-8-15(13)26-19(21-2)18(17)23(24)25/h3-9,17,21-22H,1-2H3. The zero-order valence-corrected chi connectivity index (χ0v) is 14.9. The molecule has 0 aliphatic carbocycles. The molecule has 0 bridgehead atoms. The predicted octanol–water partition coefficient (Wildman–Crippen LogP) is 4.32. The van der Waals surface area contributed by atoms with Crippen LogP contribution in [-0.4, -0.2) is 17.0 Å². The number of hydrogen-bond donors (Lipinski definition) is 2. The minimum atomic E-state index is -0.606. The van der Waals surface area contributed by atoms with E-state index in [-0.39, 0.29) is 16.5 Å². The molecule has 0 amide bonds. The van der Waals surface area contributed by atoms with Crippen LogP contribution in [0.15, 0.2) is 54.0 Å². The molecule has 3 aromatic rings. The molecule has 0 fully saturated rings. The molecule has 1 aliphatic rings. The van der Waals surface area contributed by atoms with Crippen molar-refractivity contribution in [1.82, 2.24) is 10.3 Å². The van der Waals surface area contributed by atoms with Gasteiger partial charge in [0, 0.05) is 34.2 Å². The Morgan fingerprint density at radius 2 is 2.04 bits per heavy atom. The molecule has 2 heterocycles. The van der Waals surface area contributed by atoms with E-state index in [0.717, 1.165) is 22.2 Å². The van der Waals surface area contributed by atoms with Crippen molar-refractivity contribution in [2.75, 3.05) is 7.05 Å². The van der Waals surface area contributed by atoms with Crippen molar-refractivity contribution in [3.63, 3.8) is 0 Å². The first kappa shape index (κ1) is 16.5. The molecule has 0 radical (unpaired) electrons. The molecule has 1 atom stereocenters. The van der Waals surface area contributed by atoms with Gasteiger partial charge in [0.2, 0.25) is 0 Å². The van der Waals surface area contributed by atoms with Crippen LogP contribution in [0.3, 0.4) is 0 Å².